The molecule has 5 heteroatoms. The molecule has 1 atom stereocenters. The first-order chi connectivity index (χ1) is 14.1. The average molecular weight is 390 g/mol. The lowest BCUT2D eigenvalue weighted by atomic mass is 10.1. The van der Waals surface area contributed by atoms with Crippen molar-refractivity contribution >= 4 is 17.9 Å². The van der Waals surface area contributed by atoms with E-state index in [2.05, 4.69) is 10.6 Å². The number of hydrogen-bond donors (Lipinski definition) is 2. The number of nitrogens with one attached hydrogen (secondary N) is 2. The molecule has 0 aromatic heterocycles. The molecule has 1 heterocycles. The first-order valence-electron chi connectivity index (χ1n) is 9.83. The number of ether oxygens (including phenoxy) is 1. The third kappa shape index (κ3) is 6.43. The Labute approximate surface area is 171 Å². The van der Waals surface area contributed by atoms with Crippen molar-refractivity contribution < 1.29 is 14.3 Å². The Morgan fingerprint density at radius 2 is 1.86 bits per heavy atom. The predicted octanol–water partition coefficient (Wildman–Crippen LogP) is 3.62. The number of benzene rings is 2. The maximum atomic E-state index is 12.7. The van der Waals surface area contributed by atoms with Crippen LogP contribution in [0.25, 0.3) is 6.08 Å². The second-order valence-corrected chi connectivity index (χ2v) is 7.02. The molecule has 1 aliphatic heterocycles. The van der Waals surface area contributed by atoms with Crippen molar-refractivity contribution in [1.82, 2.24) is 10.6 Å². The molecule has 29 heavy (non-hydrogen) atoms. The van der Waals surface area contributed by atoms with E-state index in [0.717, 1.165) is 30.6 Å². The summed E-state index contributed by atoms with van der Waals surface area (Å²) in [6, 6.07) is 17.0. The van der Waals surface area contributed by atoms with Gasteiger partial charge in [0, 0.05) is 18.7 Å². The van der Waals surface area contributed by atoms with Crippen LogP contribution in [-0.4, -0.2) is 31.1 Å². The van der Waals surface area contributed by atoms with Crippen LogP contribution in [0.15, 0.2) is 72.4 Å². The summed E-state index contributed by atoms with van der Waals surface area (Å²) in [5, 5.41) is 5.59. The first-order valence-corrected chi connectivity index (χ1v) is 9.83. The summed E-state index contributed by atoms with van der Waals surface area (Å²) in [4.78, 5) is 25.3. The van der Waals surface area contributed by atoms with Gasteiger partial charge in [-0.2, -0.15) is 0 Å². The third-order valence-corrected chi connectivity index (χ3v) is 4.67. The van der Waals surface area contributed by atoms with Gasteiger partial charge in [0.25, 0.3) is 11.8 Å². The van der Waals surface area contributed by atoms with Gasteiger partial charge < -0.3 is 15.4 Å². The van der Waals surface area contributed by atoms with Crippen LogP contribution in [-0.2, 0) is 9.53 Å². The van der Waals surface area contributed by atoms with E-state index in [4.69, 9.17) is 4.74 Å². The summed E-state index contributed by atoms with van der Waals surface area (Å²) in [6.07, 6.45) is 7.23. The van der Waals surface area contributed by atoms with Gasteiger partial charge in [0.2, 0.25) is 0 Å². The van der Waals surface area contributed by atoms with Gasteiger partial charge >= 0.3 is 0 Å². The molecular formula is C24H26N2O3. The topological polar surface area (TPSA) is 67.4 Å². The molecule has 2 aromatic rings. The minimum atomic E-state index is -0.335. The first kappa shape index (κ1) is 20.6. The lowest BCUT2D eigenvalue weighted by Gasteiger charge is -2.13. The van der Waals surface area contributed by atoms with Crippen molar-refractivity contribution in [2.45, 2.75) is 25.9 Å². The molecule has 1 aliphatic rings. The van der Waals surface area contributed by atoms with Gasteiger partial charge in [-0.05, 0) is 43.5 Å². The minimum absolute atomic E-state index is 0.0351. The minimum Gasteiger partial charge on any atom is -0.376 e. The van der Waals surface area contributed by atoms with Crippen molar-refractivity contribution in [2.75, 3.05) is 13.2 Å². The molecule has 1 fully saturated rings. The lowest BCUT2D eigenvalue weighted by Crippen LogP contribution is -2.38. The molecule has 0 radical (unpaired) electrons. The van der Waals surface area contributed by atoms with Gasteiger partial charge in [0.05, 0.1) is 6.10 Å². The maximum absolute atomic E-state index is 12.7. The zero-order valence-corrected chi connectivity index (χ0v) is 16.6. The molecule has 150 valence electrons. The van der Waals surface area contributed by atoms with Gasteiger partial charge in [-0.1, -0.05) is 60.2 Å². The van der Waals surface area contributed by atoms with Crippen molar-refractivity contribution in [3.05, 3.63) is 89.1 Å². The zero-order valence-electron chi connectivity index (χ0n) is 16.6. The van der Waals surface area contributed by atoms with Crippen LogP contribution in [0.3, 0.4) is 0 Å². The largest absolute Gasteiger partial charge is 0.376 e. The van der Waals surface area contributed by atoms with Crippen LogP contribution in [0.5, 0.6) is 0 Å². The van der Waals surface area contributed by atoms with Gasteiger partial charge in [-0.25, -0.2) is 0 Å². The maximum Gasteiger partial charge on any atom is 0.267 e. The highest BCUT2D eigenvalue weighted by Gasteiger charge is 2.18. The van der Waals surface area contributed by atoms with Crippen molar-refractivity contribution in [1.29, 1.82) is 0 Å². The smallest absolute Gasteiger partial charge is 0.267 e. The number of allylic oxidation sites excluding steroid dienone is 2. The number of hydrogen-bond acceptors (Lipinski definition) is 3. The highest BCUT2D eigenvalue weighted by atomic mass is 16.5. The van der Waals surface area contributed by atoms with Crippen LogP contribution in [0, 0.1) is 6.92 Å². The van der Waals surface area contributed by atoms with E-state index in [1.807, 2.05) is 55.5 Å². The van der Waals surface area contributed by atoms with E-state index in [1.54, 1.807) is 24.3 Å². The van der Waals surface area contributed by atoms with Crippen LogP contribution in [0.1, 0.15) is 34.3 Å². The molecule has 0 saturated carbocycles. The van der Waals surface area contributed by atoms with Gasteiger partial charge in [0.1, 0.15) is 5.70 Å². The van der Waals surface area contributed by atoms with Gasteiger partial charge in [0.15, 0.2) is 0 Å². The van der Waals surface area contributed by atoms with Crippen LogP contribution < -0.4 is 10.6 Å². The number of amides is 2. The fourth-order valence-electron chi connectivity index (χ4n) is 3.00. The van der Waals surface area contributed by atoms with E-state index in [1.165, 1.54) is 0 Å². The highest BCUT2D eigenvalue weighted by Crippen LogP contribution is 2.11. The normalized spacial score (nSPS) is 16.7. The van der Waals surface area contributed by atoms with Gasteiger partial charge in [-0.3, -0.25) is 9.59 Å². The number of aryl methyl sites for hydroxylation is 1. The number of carbonyl (C=O) groups excluding carboxylic acids is 2. The van der Waals surface area contributed by atoms with E-state index < -0.39 is 0 Å². The van der Waals surface area contributed by atoms with E-state index >= 15 is 0 Å². The van der Waals surface area contributed by atoms with Gasteiger partial charge in [-0.15, -0.1) is 0 Å². The summed E-state index contributed by atoms with van der Waals surface area (Å²) in [5.41, 5.74) is 2.77. The Balaban J connectivity index is 1.71. The lowest BCUT2D eigenvalue weighted by molar-refractivity contribution is -0.118. The molecule has 1 saturated heterocycles. The van der Waals surface area contributed by atoms with Crippen LogP contribution >= 0.6 is 0 Å². The Morgan fingerprint density at radius 3 is 2.55 bits per heavy atom. The highest BCUT2D eigenvalue weighted by molar-refractivity contribution is 6.03. The summed E-state index contributed by atoms with van der Waals surface area (Å²) < 4.78 is 5.55. The van der Waals surface area contributed by atoms with E-state index in [9.17, 15) is 9.59 Å². The van der Waals surface area contributed by atoms with Crippen molar-refractivity contribution in [3.63, 3.8) is 0 Å². The predicted molar refractivity (Wildman–Crippen MR) is 114 cm³/mol. The van der Waals surface area contributed by atoms with E-state index in [-0.39, 0.29) is 23.6 Å². The zero-order chi connectivity index (χ0) is 20.5. The van der Waals surface area contributed by atoms with Crippen molar-refractivity contribution in [2.24, 2.45) is 0 Å². The Bertz CT molecular complexity index is 880. The molecule has 0 bridgehead atoms. The quantitative estimate of drug-likeness (QED) is 0.561. The number of carbonyl (C=O) groups is 2. The Kier molecular flexibility index (Phi) is 7.36. The molecule has 5 nitrogen and oxygen atoms in total. The van der Waals surface area contributed by atoms with E-state index in [0.29, 0.717) is 12.1 Å². The molecule has 2 N–H and O–H groups in total. The third-order valence-electron chi connectivity index (χ3n) is 4.67. The van der Waals surface area contributed by atoms with Crippen molar-refractivity contribution in [3.8, 4) is 0 Å². The Hall–Kier alpha value is -3.18. The molecule has 2 aromatic carbocycles. The fraction of sp³-hybridized carbons (Fsp3) is 0.250. The summed E-state index contributed by atoms with van der Waals surface area (Å²) in [7, 11) is 0. The Morgan fingerprint density at radius 1 is 1.10 bits per heavy atom. The second kappa shape index (κ2) is 10.4. The van der Waals surface area contributed by atoms with Crippen LogP contribution in [0.2, 0.25) is 0 Å². The summed E-state index contributed by atoms with van der Waals surface area (Å²) >= 11 is 0. The molecule has 0 aliphatic carbocycles. The molecular weight excluding hydrogens is 364 g/mol. The monoisotopic (exact) mass is 390 g/mol. The molecule has 2 amide bonds. The fourth-order valence-corrected chi connectivity index (χ4v) is 3.00. The molecule has 3 rings (SSSR count). The summed E-state index contributed by atoms with van der Waals surface area (Å²) in [6.45, 7) is 3.12. The molecule has 0 spiro atoms. The SMILES string of the molecule is Cc1ccc(C(=O)N/C(=C\C=C/c2ccccc2)C(=O)NCC2CCCO2)cc1. The number of rotatable bonds is 7. The average Bonchev–Trinajstić information content (AvgIpc) is 3.26. The van der Waals surface area contributed by atoms with Crippen LogP contribution in [0.4, 0.5) is 0 Å². The molecule has 1 unspecified atom stereocenters. The standard InChI is InChI=1S/C24H26N2O3/c1-18-12-14-20(15-13-18)23(27)26-22(11-5-9-19-7-3-2-4-8-19)24(28)25-17-21-10-6-16-29-21/h2-5,7-9,11-15,21H,6,10,16-17H2,1H3,(H,25,28)(H,26,27)/b9-5-,22-11-. The second-order valence-electron chi connectivity index (χ2n) is 7.02. The summed E-state index contributed by atoms with van der Waals surface area (Å²) in [5.74, 6) is -0.657.